The summed E-state index contributed by atoms with van der Waals surface area (Å²) in [6, 6.07) is 12.3. The second-order valence-electron chi connectivity index (χ2n) is 8.36. The molecule has 1 N–H and O–H groups in total. The van der Waals surface area contributed by atoms with Crippen LogP contribution in [0.25, 0.3) is 10.9 Å². The molecule has 5 nitrogen and oxygen atoms in total. The number of aromatic hydroxyl groups is 1. The van der Waals surface area contributed by atoms with Crippen LogP contribution in [-0.4, -0.2) is 23.1 Å². The van der Waals surface area contributed by atoms with Gasteiger partial charge in [-0.2, -0.15) is 13.2 Å². The first-order valence-electron chi connectivity index (χ1n) is 10.2. The number of pyridine rings is 1. The highest BCUT2D eigenvalue weighted by Crippen LogP contribution is 2.33. The zero-order valence-electron chi connectivity index (χ0n) is 18.1. The standard InChI is InChI=1S/C24H20F4N2O3S/c1-23(2,25)21-10-9-19-20(29-21)14-30(22(19)31)13-15-5-3-7-17(11-15)34(32,33)18-8-4-6-16(12-18)24(26,27)28/h3-12,14,31H,13H2,1-2H3. The van der Waals surface area contributed by atoms with Crippen molar-refractivity contribution in [3.05, 3.63) is 83.7 Å². The van der Waals surface area contributed by atoms with Gasteiger partial charge in [-0.05, 0) is 61.9 Å². The van der Waals surface area contributed by atoms with E-state index in [9.17, 15) is 31.1 Å². The smallest absolute Gasteiger partial charge is 0.416 e. The van der Waals surface area contributed by atoms with Crippen LogP contribution in [0.3, 0.4) is 0 Å². The molecule has 0 aliphatic carbocycles. The molecule has 10 heteroatoms. The van der Waals surface area contributed by atoms with Gasteiger partial charge in [0, 0.05) is 6.20 Å². The van der Waals surface area contributed by atoms with Crippen molar-refractivity contribution in [2.75, 3.05) is 0 Å². The van der Waals surface area contributed by atoms with Crippen molar-refractivity contribution in [2.24, 2.45) is 0 Å². The van der Waals surface area contributed by atoms with Gasteiger partial charge in [-0.15, -0.1) is 0 Å². The maximum atomic E-state index is 14.2. The lowest BCUT2D eigenvalue weighted by Crippen LogP contribution is -2.10. The molecular formula is C24H20F4N2O3S. The summed E-state index contributed by atoms with van der Waals surface area (Å²) in [6.45, 7) is 2.80. The van der Waals surface area contributed by atoms with Gasteiger partial charge in [-0.25, -0.2) is 17.8 Å². The molecule has 0 saturated heterocycles. The second kappa shape index (κ2) is 8.12. The number of nitrogens with zero attached hydrogens (tertiary/aromatic N) is 2. The second-order valence-corrected chi connectivity index (χ2v) is 10.3. The topological polar surface area (TPSA) is 72.2 Å². The summed E-state index contributed by atoms with van der Waals surface area (Å²) in [4.78, 5) is 3.60. The molecule has 0 radical (unpaired) electrons. The Balaban J connectivity index is 1.68. The molecule has 0 bridgehead atoms. The first kappa shape index (κ1) is 23.7. The molecule has 4 rings (SSSR count). The first-order valence-corrected chi connectivity index (χ1v) is 11.6. The van der Waals surface area contributed by atoms with Crippen molar-refractivity contribution in [3.63, 3.8) is 0 Å². The lowest BCUT2D eigenvalue weighted by atomic mass is 10.1. The minimum atomic E-state index is -4.67. The van der Waals surface area contributed by atoms with Crippen LogP contribution in [0.15, 0.2) is 76.7 Å². The van der Waals surface area contributed by atoms with E-state index in [0.717, 1.165) is 18.2 Å². The number of fused-ring (bicyclic) bond motifs is 1. The molecule has 2 aromatic carbocycles. The van der Waals surface area contributed by atoms with E-state index >= 15 is 0 Å². The number of sulfone groups is 1. The molecule has 0 atom stereocenters. The Morgan fingerprint density at radius 1 is 0.941 bits per heavy atom. The molecule has 0 unspecified atom stereocenters. The summed E-state index contributed by atoms with van der Waals surface area (Å²) in [5, 5.41) is 11.0. The molecule has 0 aliphatic rings. The largest absolute Gasteiger partial charge is 0.494 e. The van der Waals surface area contributed by atoms with E-state index < -0.39 is 32.1 Å². The third-order valence-corrected chi connectivity index (χ3v) is 7.11. The third kappa shape index (κ3) is 4.50. The van der Waals surface area contributed by atoms with Crippen molar-refractivity contribution in [3.8, 4) is 5.88 Å². The van der Waals surface area contributed by atoms with Crippen LogP contribution in [-0.2, 0) is 28.2 Å². The Morgan fingerprint density at radius 3 is 2.24 bits per heavy atom. The predicted octanol–water partition coefficient (Wildman–Crippen LogP) is 5.85. The van der Waals surface area contributed by atoms with Crippen LogP contribution >= 0.6 is 0 Å². The molecular weight excluding hydrogens is 472 g/mol. The summed E-state index contributed by atoms with van der Waals surface area (Å²) in [5.74, 6) is -0.128. The minimum Gasteiger partial charge on any atom is -0.494 e. The zero-order valence-corrected chi connectivity index (χ0v) is 19.0. The fourth-order valence-electron chi connectivity index (χ4n) is 3.56. The average molecular weight is 492 g/mol. The Labute approximate surface area is 193 Å². The molecule has 2 aromatic heterocycles. The number of benzene rings is 2. The number of aromatic nitrogens is 2. The highest BCUT2D eigenvalue weighted by Gasteiger charge is 2.32. The summed E-state index contributed by atoms with van der Waals surface area (Å²) >= 11 is 0. The van der Waals surface area contributed by atoms with E-state index in [1.807, 2.05) is 0 Å². The quantitative estimate of drug-likeness (QED) is 0.355. The highest BCUT2D eigenvalue weighted by molar-refractivity contribution is 7.91. The van der Waals surface area contributed by atoms with Crippen LogP contribution in [0, 0.1) is 0 Å². The highest BCUT2D eigenvalue weighted by atomic mass is 32.2. The van der Waals surface area contributed by atoms with E-state index in [-0.39, 0.29) is 23.0 Å². The summed E-state index contributed by atoms with van der Waals surface area (Å²) in [5.41, 5.74) is -1.68. The Kier molecular flexibility index (Phi) is 5.67. The summed E-state index contributed by atoms with van der Waals surface area (Å²) in [7, 11) is -4.22. The fourth-order valence-corrected chi connectivity index (χ4v) is 4.94. The Hall–Kier alpha value is -3.40. The maximum absolute atomic E-state index is 14.2. The number of alkyl halides is 4. The summed E-state index contributed by atoms with van der Waals surface area (Å²) in [6.07, 6.45) is -3.15. The average Bonchev–Trinajstić information content (AvgIpc) is 3.07. The Bertz CT molecular complexity index is 1490. The van der Waals surface area contributed by atoms with E-state index in [1.165, 1.54) is 48.9 Å². The van der Waals surface area contributed by atoms with E-state index in [4.69, 9.17) is 0 Å². The fraction of sp³-hybridized carbons (Fsp3) is 0.208. The van der Waals surface area contributed by atoms with Crippen molar-refractivity contribution in [1.82, 2.24) is 9.55 Å². The van der Waals surface area contributed by atoms with Gasteiger partial charge in [0.25, 0.3) is 0 Å². The lowest BCUT2D eigenvalue weighted by Gasteiger charge is -2.12. The zero-order chi connectivity index (χ0) is 24.9. The first-order chi connectivity index (χ1) is 15.8. The van der Waals surface area contributed by atoms with Crippen molar-refractivity contribution < 1.29 is 31.1 Å². The molecule has 2 heterocycles. The van der Waals surface area contributed by atoms with Crippen molar-refractivity contribution in [1.29, 1.82) is 0 Å². The molecule has 0 amide bonds. The van der Waals surface area contributed by atoms with Crippen LogP contribution < -0.4 is 0 Å². The van der Waals surface area contributed by atoms with Gasteiger partial charge in [0.2, 0.25) is 15.7 Å². The molecule has 0 saturated carbocycles. The molecule has 34 heavy (non-hydrogen) atoms. The monoisotopic (exact) mass is 492 g/mol. The van der Waals surface area contributed by atoms with Gasteiger partial charge in [0.05, 0.1) is 38.5 Å². The van der Waals surface area contributed by atoms with E-state index in [2.05, 4.69) is 4.98 Å². The van der Waals surface area contributed by atoms with E-state index in [0.29, 0.717) is 22.5 Å². The van der Waals surface area contributed by atoms with Gasteiger partial charge in [0.15, 0.2) is 0 Å². The van der Waals surface area contributed by atoms with Gasteiger partial charge in [-0.1, -0.05) is 18.2 Å². The minimum absolute atomic E-state index is 0.0580. The number of hydrogen-bond acceptors (Lipinski definition) is 4. The Morgan fingerprint density at radius 2 is 1.59 bits per heavy atom. The van der Waals surface area contributed by atoms with Crippen LogP contribution in [0.5, 0.6) is 5.88 Å². The van der Waals surface area contributed by atoms with Crippen LogP contribution in [0.1, 0.15) is 30.7 Å². The number of halogens is 4. The van der Waals surface area contributed by atoms with Crippen LogP contribution in [0.2, 0.25) is 0 Å². The molecule has 0 fully saturated rings. The molecule has 0 spiro atoms. The van der Waals surface area contributed by atoms with Crippen molar-refractivity contribution >= 4 is 20.7 Å². The number of hydrogen-bond donors (Lipinski definition) is 1. The molecule has 0 aliphatic heterocycles. The van der Waals surface area contributed by atoms with Crippen LogP contribution in [0.4, 0.5) is 17.6 Å². The summed E-state index contributed by atoms with van der Waals surface area (Å²) < 4.78 is 80.7. The number of rotatable bonds is 5. The van der Waals surface area contributed by atoms with Crippen molar-refractivity contribution in [2.45, 2.75) is 42.0 Å². The normalized spacial score (nSPS) is 12.9. The molecule has 178 valence electrons. The van der Waals surface area contributed by atoms with Gasteiger partial charge in [-0.3, -0.25) is 0 Å². The maximum Gasteiger partial charge on any atom is 0.416 e. The van der Waals surface area contributed by atoms with Gasteiger partial charge < -0.3 is 9.67 Å². The van der Waals surface area contributed by atoms with E-state index in [1.54, 1.807) is 12.1 Å². The van der Waals surface area contributed by atoms with Gasteiger partial charge >= 0.3 is 6.18 Å². The molecule has 4 aromatic rings. The van der Waals surface area contributed by atoms with Gasteiger partial charge in [0.1, 0.15) is 5.67 Å². The SMILES string of the molecule is CC(C)(F)c1ccc2c(O)n(Cc3cccc(S(=O)(=O)c4cccc(C(F)(F)F)c4)c3)cc2n1. The lowest BCUT2D eigenvalue weighted by molar-refractivity contribution is -0.137. The predicted molar refractivity (Wildman–Crippen MR) is 118 cm³/mol. The third-order valence-electron chi connectivity index (χ3n) is 5.36.